The number of aliphatic hydroxyl groups excluding tert-OH is 1. The Bertz CT molecular complexity index is 249. The molecular formula is C8H12ClNOS. The first-order valence-electron chi connectivity index (χ1n) is 3.76. The Balaban J connectivity index is 2.58. The van der Waals surface area contributed by atoms with Crippen LogP contribution in [-0.2, 0) is 6.42 Å². The first-order chi connectivity index (χ1) is 5.61. The molecule has 0 saturated heterocycles. The molecule has 0 aromatic carbocycles. The average molecular weight is 206 g/mol. The summed E-state index contributed by atoms with van der Waals surface area (Å²) >= 11 is 7.33. The Morgan fingerprint density at radius 1 is 1.75 bits per heavy atom. The van der Waals surface area contributed by atoms with Gasteiger partial charge < -0.3 is 10.8 Å². The lowest BCUT2D eigenvalue weighted by Gasteiger charge is -2.13. The van der Waals surface area contributed by atoms with Gasteiger partial charge in [0.15, 0.2) is 0 Å². The Morgan fingerprint density at radius 2 is 2.42 bits per heavy atom. The molecule has 1 aromatic rings. The summed E-state index contributed by atoms with van der Waals surface area (Å²) in [6, 6.07) is 1.71. The van der Waals surface area contributed by atoms with E-state index in [1.807, 2.05) is 11.4 Å². The van der Waals surface area contributed by atoms with Crippen LogP contribution in [0.5, 0.6) is 0 Å². The number of rotatable bonds is 3. The third kappa shape index (κ3) is 2.45. The molecule has 12 heavy (non-hydrogen) atoms. The van der Waals surface area contributed by atoms with Gasteiger partial charge in [0.25, 0.3) is 0 Å². The molecule has 1 rings (SSSR count). The number of halogens is 1. The topological polar surface area (TPSA) is 46.2 Å². The zero-order valence-electron chi connectivity index (χ0n) is 6.83. The second-order valence-electron chi connectivity index (χ2n) is 2.85. The summed E-state index contributed by atoms with van der Waals surface area (Å²) in [6.07, 6.45) is 0.0390. The van der Waals surface area contributed by atoms with Gasteiger partial charge in [-0.05, 0) is 23.9 Å². The molecule has 1 aromatic heterocycles. The van der Waals surface area contributed by atoms with E-state index in [0.29, 0.717) is 6.42 Å². The second kappa shape index (κ2) is 4.23. The van der Waals surface area contributed by atoms with Crippen molar-refractivity contribution < 1.29 is 5.11 Å². The van der Waals surface area contributed by atoms with Crippen molar-refractivity contribution in [1.82, 2.24) is 0 Å². The van der Waals surface area contributed by atoms with E-state index in [4.69, 9.17) is 17.3 Å². The van der Waals surface area contributed by atoms with Crippen LogP contribution in [0.4, 0.5) is 0 Å². The van der Waals surface area contributed by atoms with Crippen molar-refractivity contribution in [1.29, 1.82) is 0 Å². The summed E-state index contributed by atoms with van der Waals surface area (Å²) in [5.41, 5.74) is 6.49. The summed E-state index contributed by atoms with van der Waals surface area (Å²) < 4.78 is 0.745. The summed E-state index contributed by atoms with van der Waals surface area (Å²) in [4.78, 5) is 0. The van der Waals surface area contributed by atoms with Crippen LogP contribution in [0.2, 0.25) is 4.34 Å². The quantitative estimate of drug-likeness (QED) is 0.789. The highest BCUT2D eigenvalue weighted by atomic mass is 35.5. The van der Waals surface area contributed by atoms with Gasteiger partial charge in [-0.2, -0.15) is 0 Å². The van der Waals surface area contributed by atoms with Crippen LogP contribution in [0.15, 0.2) is 11.4 Å². The molecule has 3 N–H and O–H groups in total. The monoisotopic (exact) mass is 205 g/mol. The average Bonchev–Trinajstić information content (AvgIpc) is 2.36. The summed E-state index contributed by atoms with van der Waals surface area (Å²) in [6.45, 7) is 1.78. The molecular weight excluding hydrogens is 194 g/mol. The van der Waals surface area contributed by atoms with E-state index in [0.717, 1.165) is 9.90 Å². The van der Waals surface area contributed by atoms with Gasteiger partial charge >= 0.3 is 0 Å². The molecule has 0 radical (unpaired) electrons. The summed E-state index contributed by atoms with van der Waals surface area (Å²) in [5, 5.41) is 11.4. The van der Waals surface area contributed by atoms with Crippen LogP contribution < -0.4 is 5.73 Å². The van der Waals surface area contributed by atoms with E-state index < -0.39 is 6.10 Å². The minimum absolute atomic E-state index is 0.207. The molecule has 0 aliphatic heterocycles. The molecule has 0 bridgehead atoms. The van der Waals surface area contributed by atoms with Crippen LogP contribution >= 0.6 is 22.9 Å². The van der Waals surface area contributed by atoms with Crippen molar-refractivity contribution in [2.45, 2.75) is 25.5 Å². The Morgan fingerprint density at radius 3 is 2.83 bits per heavy atom. The highest BCUT2D eigenvalue weighted by molar-refractivity contribution is 7.14. The molecule has 4 heteroatoms. The molecule has 68 valence electrons. The van der Waals surface area contributed by atoms with Crippen molar-refractivity contribution in [2.75, 3.05) is 0 Å². The van der Waals surface area contributed by atoms with Gasteiger partial charge in [0, 0.05) is 12.5 Å². The number of thiophene rings is 1. The predicted molar refractivity (Wildman–Crippen MR) is 52.7 cm³/mol. The maximum absolute atomic E-state index is 9.44. The van der Waals surface area contributed by atoms with Crippen LogP contribution in [0, 0.1) is 0 Å². The van der Waals surface area contributed by atoms with E-state index in [1.165, 1.54) is 11.3 Å². The maximum atomic E-state index is 9.44. The molecule has 0 aliphatic carbocycles. The molecule has 0 aliphatic rings. The van der Waals surface area contributed by atoms with Crippen LogP contribution in [-0.4, -0.2) is 17.3 Å². The Labute approximate surface area is 81.0 Å². The van der Waals surface area contributed by atoms with Gasteiger partial charge in [0.1, 0.15) is 0 Å². The highest BCUT2D eigenvalue weighted by Gasteiger charge is 2.12. The normalized spacial score (nSPS) is 16.0. The summed E-state index contributed by atoms with van der Waals surface area (Å²) in [5.74, 6) is 0. The Kier molecular flexibility index (Phi) is 3.53. The molecule has 1 unspecified atom stereocenters. The lowest BCUT2D eigenvalue weighted by molar-refractivity contribution is 0.151. The standard InChI is InChI=1S/C8H12ClNOS/c1-5(10)7(11)4-6-2-3-12-8(6)9/h2-3,5,7,11H,4,10H2,1H3/t5-,7?/m1/s1. The summed E-state index contributed by atoms with van der Waals surface area (Å²) in [7, 11) is 0. The van der Waals surface area contributed by atoms with E-state index >= 15 is 0 Å². The molecule has 1 heterocycles. The SMILES string of the molecule is C[C@@H](N)C(O)Cc1ccsc1Cl. The smallest absolute Gasteiger partial charge is 0.0961 e. The van der Waals surface area contributed by atoms with Crippen molar-refractivity contribution in [3.8, 4) is 0 Å². The van der Waals surface area contributed by atoms with E-state index in [-0.39, 0.29) is 6.04 Å². The van der Waals surface area contributed by atoms with Crippen LogP contribution in [0.3, 0.4) is 0 Å². The first-order valence-corrected chi connectivity index (χ1v) is 5.02. The fraction of sp³-hybridized carbons (Fsp3) is 0.500. The van der Waals surface area contributed by atoms with E-state index in [1.54, 1.807) is 6.92 Å². The van der Waals surface area contributed by atoms with Gasteiger partial charge in [-0.3, -0.25) is 0 Å². The number of hydrogen-bond acceptors (Lipinski definition) is 3. The lowest BCUT2D eigenvalue weighted by Crippen LogP contribution is -2.32. The van der Waals surface area contributed by atoms with Crippen molar-refractivity contribution in [2.24, 2.45) is 5.73 Å². The second-order valence-corrected chi connectivity index (χ2v) is 4.37. The van der Waals surface area contributed by atoms with Crippen molar-refractivity contribution in [3.05, 3.63) is 21.3 Å². The third-order valence-corrected chi connectivity index (χ3v) is 2.98. The molecule has 0 fully saturated rings. The van der Waals surface area contributed by atoms with Gasteiger partial charge in [-0.1, -0.05) is 11.6 Å². The lowest BCUT2D eigenvalue weighted by atomic mass is 10.1. The van der Waals surface area contributed by atoms with Gasteiger partial charge in [-0.15, -0.1) is 11.3 Å². The van der Waals surface area contributed by atoms with Crippen molar-refractivity contribution >= 4 is 22.9 Å². The van der Waals surface area contributed by atoms with E-state index in [2.05, 4.69) is 0 Å². The van der Waals surface area contributed by atoms with E-state index in [9.17, 15) is 5.11 Å². The largest absolute Gasteiger partial charge is 0.391 e. The predicted octanol–water partition coefficient (Wildman–Crippen LogP) is 1.65. The van der Waals surface area contributed by atoms with Gasteiger partial charge in [0.2, 0.25) is 0 Å². The molecule has 0 amide bonds. The zero-order valence-corrected chi connectivity index (χ0v) is 8.40. The van der Waals surface area contributed by atoms with Crippen LogP contribution in [0.1, 0.15) is 12.5 Å². The third-order valence-electron chi connectivity index (χ3n) is 1.73. The fourth-order valence-corrected chi connectivity index (χ4v) is 1.83. The molecule has 0 spiro atoms. The Hall–Kier alpha value is -0.0900. The molecule has 0 saturated carbocycles. The molecule has 2 atom stereocenters. The van der Waals surface area contributed by atoms with Gasteiger partial charge in [-0.25, -0.2) is 0 Å². The first kappa shape index (κ1) is 9.99. The number of aliphatic hydroxyl groups is 1. The number of hydrogen-bond donors (Lipinski definition) is 2. The minimum atomic E-state index is -0.503. The van der Waals surface area contributed by atoms with Crippen LogP contribution in [0.25, 0.3) is 0 Å². The van der Waals surface area contributed by atoms with Gasteiger partial charge in [0.05, 0.1) is 10.4 Å². The maximum Gasteiger partial charge on any atom is 0.0961 e. The zero-order chi connectivity index (χ0) is 9.14. The van der Waals surface area contributed by atoms with Crippen molar-refractivity contribution in [3.63, 3.8) is 0 Å². The number of nitrogens with two attached hydrogens (primary N) is 1. The minimum Gasteiger partial charge on any atom is -0.391 e. The fourth-order valence-electron chi connectivity index (χ4n) is 0.877. The molecule has 2 nitrogen and oxygen atoms in total. The highest BCUT2D eigenvalue weighted by Crippen LogP contribution is 2.24.